The Labute approximate surface area is 191 Å². The molecule has 0 saturated carbocycles. The van der Waals surface area contributed by atoms with Crippen LogP contribution in [0.4, 0.5) is 4.79 Å². The summed E-state index contributed by atoms with van der Waals surface area (Å²) >= 11 is 0. The van der Waals surface area contributed by atoms with Gasteiger partial charge in [-0.25, -0.2) is 9.59 Å². The van der Waals surface area contributed by atoms with E-state index >= 15 is 0 Å². The second kappa shape index (κ2) is 8.06. The number of nitrogens with one attached hydrogen (secondary N) is 1. The number of hydrogen-bond acceptors (Lipinski definition) is 5. The van der Waals surface area contributed by atoms with Crippen molar-refractivity contribution < 1.29 is 18.7 Å². The van der Waals surface area contributed by atoms with Crippen molar-refractivity contribution in [2.45, 2.75) is 51.1 Å². The number of urea groups is 1. The number of hydrogen-bond donors (Lipinski definition) is 1. The fourth-order valence-electron chi connectivity index (χ4n) is 4.84. The molecular formula is C26H26N2O5. The van der Waals surface area contributed by atoms with Crippen LogP contribution in [0.1, 0.15) is 42.0 Å². The fraction of sp³-hybridized carbons (Fsp3) is 0.346. The highest BCUT2D eigenvalue weighted by Crippen LogP contribution is 2.31. The average molecular weight is 447 g/mol. The van der Waals surface area contributed by atoms with Crippen LogP contribution >= 0.6 is 0 Å². The van der Waals surface area contributed by atoms with Gasteiger partial charge in [0.25, 0.3) is 5.91 Å². The molecule has 3 amide bonds. The molecule has 170 valence electrons. The van der Waals surface area contributed by atoms with Crippen molar-refractivity contribution in [3.63, 3.8) is 0 Å². The molecule has 1 aromatic heterocycles. The summed E-state index contributed by atoms with van der Waals surface area (Å²) in [6.45, 7) is 1.78. The first kappa shape index (κ1) is 21.2. The number of fused-ring (bicyclic) bond motifs is 2. The average Bonchev–Trinajstić information content (AvgIpc) is 3.34. The molecule has 1 saturated heterocycles. The summed E-state index contributed by atoms with van der Waals surface area (Å²) in [5, 5.41) is 3.64. The lowest BCUT2D eigenvalue weighted by atomic mass is 9.93. The summed E-state index contributed by atoms with van der Waals surface area (Å²) in [7, 11) is 1.62. The molecule has 2 aliphatic rings. The predicted molar refractivity (Wildman–Crippen MR) is 123 cm³/mol. The van der Waals surface area contributed by atoms with Gasteiger partial charge in [0.05, 0.1) is 13.7 Å². The molecule has 0 bridgehead atoms. The number of nitrogens with zero attached hydrogens (tertiary/aromatic N) is 1. The van der Waals surface area contributed by atoms with E-state index in [2.05, 4.69) is 5.32 Å². The van der Waals surface area contributed by atoms with Crippen molar-refractivity contribution in [2.24, 2.45) is 0 Å². The Morgan fingerprint density at radius 1 is 1.06 bits per heavy atom. The fourth-order valence-corrected chi connectivity index (χ4v) is 4.84. The quantitative estimate of drug-likeness (QED) is 0.460. The van der Waals surface area contributed by atoms with Crippen LogP contribution in [-0.4, -0.2) is 29.5 Å². The molecule has 1 aliphatic heterocycles. The molecule has 7 heteroatoms. The second-order valence-corrected chi connectivity index (χ2v) is 9.06. The smallest absolute Gasteiger partial charge is 0.336 e. The summed E-state index contributed by atoms with van der Waals surface area (Å²) in [6, 6.07) is 12.6. The van der Waals surface area contributed by atoms with Crippen LogP contribution in [0.25, 0.3) is 11.0 Å². The first-order chi connectivity index (χ1) is 15.9. The van der Waals surface area contributed by atoms with Crippen LogP contribution in [0.2, 0.25) is 0 Å². The number of carbonyl (C=O) groups is 2. The van der Waals surface area contributed by atoms with Gasteiger partial charge in [-0.05, 0) is 85.5 Å². The number of rotatable bonds is 6. The number of amides is 3. The lowest BCUT2D eigenvalue weighted by Crippen LogP contribution is -2.44. The van der Waals surface area contributed by atoms with E-state index in [1.807, 2.05) is 36.4 Å². The van der Waals surface area contributed by atoms with Crippen LogP contribution < -0.4 is 15.7 Å². The van der Waals surface area contributed by atoms with E-state index in [-0.39, 0.29) is 12.5 Å². The van der Waals surface area contributed by atoms with Gasteiger partial charge in [-0.3, -0.25) is 9.69 Å². The molecule has 2 heterocycles. The molecule has 33 heavy (non-hydrogen) atoms. The van der Waals surface area contributed by atoms with Gasteiger partial charge in [0.1, 0.15) is 16.9 Å². The highest BCUT2D eigenvalue weighted by atomic mass is 16.5. The van der Waals surface area contributed by atoms with E-state index < -0.39 is 17.2 Å². The molecule has 2 aromatic carbocycles. The molecule has 7 nitrogen and oxygen atoms in total. The second-order valence-electron chi connectivity index (χ2n) is 9.06. The Hall–Kier alpha value is -3.61. The molecule has 1 fully saturated rings. The zero-order chi connectivity index (χ0) is 23.2. The van der Waals surface area contributed by atoms with Crippen molar-refractivity contribution in [3.8, 4) is 5.75 Å². The molecule has 1 unspecified atom stereocenters. The Morgan fingerprint density at radius 2 is 1.79 bits per heavy atom. The topological polar surface area (TPSA) is 88.8 Å². The molecule has 0 spiro atoms. The minimum absolute atomic E-state index is 0.0314. The Kier molecular flexibility index (Phi) is 5.19. The van der Waals surface area contributed by atoms with Gasteiger partial charge in [-0.15, -0.1) is 0 Å². The van der Waals surface area contributed by atoms with E-state index in [0.29, 0.717) is 24.0 Å². The van der Waals surface area contributed by atoms with Crippen LogP contribution in [0.5, 0.6) is 5.75 Å². The minimum atomic E-state index is -1.01. The van der Waals surface area contributed by atoms with Crippen molar-refractivity contribution >= 4 is 22.9 Å². The SMILES string of the molecule is COc1ccc(CCC2(C)NC(=O)N(Cc3cc(=O)oc4cc5c(cc34)CCC5)C2=O)cc1. The van der Waals surface area contributed by atoms with Gasteiger partial charge in [0, 0.05) is 11.5 Å². The molecule has 1 aliphatic carbocycles. The van der Waals surface area contributed by atoms with E-state index in [9.17, 15) is 14.4 Å². The lowest BCUT2D eigenvalue weighted by molar-refractivity contribution is -0.131. The van der Waals surface area contributed by atoms with Crippen molar-refractivity contribution in [1.82, 2.24) is 10.2 Å². The number of aryl methyl sites for hydroxylation is 3. The van der Waals surface area contributed by atoms with E-state index in [0.717, 1.165) is 36.0 Å². The minimum Gasteiger partial charge on any atom is -0.497 e. The normalized spacial score (nSPS) is 19.8. The van der Waals surface area contributed by atoms with Crippen molar-refractivity contribution in [2.75, 3.05) is 7.11 Å². The van der Waals surface area contributed by atoms with Gasteiger partial charge >= 0.3 is 11.7 Å². The Bertz CT molecular complexity index is 1310. The third kappa shape index (κ3) is 3.88. The first-order valence-electron chi connectivity index (χ1n) is 11.2. The third-order valence-electron chi connectivity index (χ3n) is 6.79. The third-order valence-corrected chi connectivity index (χ3v) is 6.79. The van der Waals surface area contributed by atoms with Crippen molar-refractivity contribution in [1.29, 1.82) is 0 Å². The molecule has 3 aromatic rings. The maximum Gasteiger partial charge on any atom is 0.336 e. The number of benzene rings is 2. The van der Waals surface area contributed by atoms with Gasteiger partial charge in [-0.1, -0.05) is 12.1 Å². The van der Waals surface area contributed by atoms with Gasteiger partial charge in [-0.2, -0.15) is 0 Å². The standard InChI is InChI=1S/C26H26N2O5/c1-26(11-10-16-6-8-20(32-2)9-7-16)24(30)28(25(31)27-26)15-19-14-23(29)33-22-13-18-5-3-4-17(18)12-21(19)22/h6-9,12-14H,3-5,10-11,15H2,1-2H3,(H,27,31). The zero-order valence-electron chi connectivity index (χ0n) is 18.8. The van der Waals surface area contributed by atoms with E-state index in [4.69, 9.17) is 9.15 Å². The van der Waals surface area contributed by atoms with Gasteiger partial charge in [0.2, 0.25) is 0 Å². The first-order valence-corrected chi connectivity index (χ1v) is 11.2. The number of imide groups is 1. The lowest BCUT2D eigenvalue weighted by Gasteiger charge is -2.22. The predicted octanol–water partition coefficient (Wildman–Crippen LogP) is 3.73. The number of carbonyl (C=O) groups excluding carboxylic acids is 2. The van der Waals surface area contributed by atoms with Crippen LogP contribution in [-0.2, 0) is 30.6 Å². The summed E-state index contributed by atoms with van der Waals surface area (Å²) < 4.78 is 10.6. The molecule has 5 rings (SSSR count). The number of ether oxygens (including phenoxy) is 1. The number of methoxy groups -OCH3 is 1. The van der Waals surface area contributed by atoms with Crippen LogP contribution in [0.15, 0.2) is 51.7 Å². The highest BCUT2D eigenvalue weighted by molar-refractivity contribution is 6.07. The maximum absolute atomic E-state index is 13.3. The van der Waals surface area contributed by atoms with Crippen LogP contribution in [0.3, 0.4) is 0 Å². The van der Waals surface area contributed by atoms with E-state index in [1.54, 1.807) is 14.0 Å². The zero-order valence-corrected chi connectivity index (χ0v) is 18.8. The summed E-state index contributed by atoms with van der Waals surface area (Å²) in [5.41, 5.74) is 3.13. The highest BCUT2D eigenvalue weighted by Gasteiger charge is 2.47. The van der Waals surface area contributed by atoms with Crippen molar-refractivity contribution in [3.05, 3.63) is 75.1 Å². The van der Waals surface area contributed by atoms with Gasteiger partial charge < -0.3 is 14.5 Å². The summed E-state index contributed by atoms with van der Waals surface area (Å²) in [6.07, 6.45) is 4.12. The molecule has 1 atom stereocenters. The molecular weight excluding hydrogens is 420 g/mol. The Balaban J connectivity index is 1.38. The van der Waals surface area contributed by atoms with E-state index in [1.165, 1.54) is 22.1 Å². The largest absolute Gasteiger partial charge is 0.497 e. The maximum atomic E-state index is 13.3. The summed E-state index contributed by atoms with van der Waals surface area (Å²) in [5.74, 6) is 0.482. The monoisotopic (exact) mass is 446 g/mol. The van der Waals surface area contributed by atoms with Crippen LogP contribution in [0, 0.1) is 0 Å². The molecule has 1 N–H and O–H groups in total. The van der Waals surface area contributed by atoms with Gasteiger partial charge in [0.15, 0.2) is 0 Å². The summed E-state index contributed by atoms with van der Waals surface area (Å²) in [4.78, 5) is 39.5. The molecule has 0 radical (unpaired) electrons. The Morgan fingerprint density at radius 3 is 2.52 bits per heavy atom.